The Kier molecular flexibility index (Phi) is 4.19. The molecule has 3 aromatic rings. The van der Waals surface area contributed by atoms with Crippen molar-refractivity contribution in [3.8, 4) is 11.3 Å². The number of aromatic nitrogens is 4. The molecule has 1 aliphatic rings. The molecule has 0 bridgehead atoms. The summed E-state index contributed by atoms with van der Waals surface area (Å²) in [6.45, 7) is 0. The molecule has 0 saturated heterocycles. The van der Waals surface area contributed by atoms with E-state index in [0.717, 1.165) is 29.8 Å². The van der Waals surface area contributed by atoms with Crippen LogP contribution in [0.2, 0.25) is 0 Å². The standard InChI is InChI=1S/C19H22N6/c1-25-12-15(11-22-25)23-19-21-9-8-18(24-19)14-6-7-16-13(10-14)4-2-3-5-17(16)20/h6-12,17H,2-5,20H2,1H3,(H,21,23,24). The van der Waals surface area contributed by atoms with Gasteiger partial charge in [-0.1, -0.05) is 18.6 Å². The number of fused-ring (bicyclic) bond motifs is 1. The molecular weight excluding hydrogens is 312 g/mol. The monoisotopic (exact) mass is 334 g/mol. The highest BCUT2D eigenvalue weighted by molar-refractivity contribution is 5.63. The molecule has 1 aromatic carbocycles. The van der Waals surface area contributed by atoms with Crippen molar-refractivity contribution < 1.29 is 0 Å². The second-order valence-electron chi connectivity index (χ2n) is 6.56. The zero-order valence-corrected chi connectivity index (χ0v) is 14.3. The lowest BCUT2D eigenvalue weighted by molar-refractivity contribution is 0.615. The number of nitrogens with zero attached hydrogens (tertiary/aromatic N) is 4. The molecule has 1 aliphatic carbocycles. The first kappa shape index (κ1) is 15.8. The fraction of sp³-hybridized carbons (Fsp3) is 0.316. The van der Waals surface area contributed by atoms with Gasteiger partial charge in [0.1, 0.15) is 0 Å². The van der Waals surface area contributed by atoms with Crippen molar-refractivity contribution in [2.24, 2.45) is 12.8 Å². The lowest BCUT2D eigenvalue weighted by atomic mass is 9.96. The highest BCUT2D eigenvalue weighted by Gasteiger charge is 2.16. The van der Waals surface area contributed by atoms with Gasteiger partial charge in [0.05, 0.1) is 17.6 Å². The van der Waals surface area contributed by atoms with Gasteiger partial charge < -0.3 is 11.1 Å². The summed E-state index contributed by atoms with van der Waals surface area (Å²) in [6.07, 6.45) is 9.96. The SMILES string of the molecule is Cn1cc(Nc2nccc(-c3ccc4c(c3)CCCCC4N)n2)cn1. The molecule has 1 atom stereocenters. The number of nitrogens with one attached hydrogen (secondary N) is 1. The van der Waals surface area contributed by atoms with E-state index in [9.17, 15) is 0 Å². The maximum absolute atomic E-state index is 6.30. The summed E-state index contributed by atoms with van der Waals surface area (Å²) in [5.41, 5.74) is 11.8. The first-order chi connectivity index (χ1) is 12.2. The van der Waals surface area contributed by atoms with Gasteiger partial charge in [-0.15, -0.1) is 0 Å². The fourth-order valence-corrected chi connectivity index (χ4v) is 3.37. The lowest BCUT2D eigenvalue weighted by Crippen LogP contribution is -2.10. The van der Waals surface area contributed by atoms with Gasteiger partial charge in [-0.05, 0) is 42.5 Å². The molecule has 2 heterocycles. The molecule has 0 saturated carbocycles. The van der Waals surface area contributed by atoms with Crippen LogP contribution in [0.3, 0.4) is 0 Å². The highest BCUT2D eigenvalue weighted by Crippen LogP contribution is 2.30. The van der Waals surface area contributed by atoms with E-state index in [2.05, 4.69) is 38.6 Å². The van der Waals surface area contributed by atoms with Crippen molar-refractivity contribution in [2.75, 3.05) is 5.32 Å². The third-order valence-corrected chi connectivity index (χ3v) is 4.67. The van der Waals surface area contributed by atoms with Crippen LogP contribution < -0.4 is 11.1 Å². The normalized spacial score (nSPS) is 17.0. The van der Waals surface area contributed by atoms with Gasteiger partial charge in [0.15, 0.2) is 0 Å². The zero-order valence-electron chi connectivity index (χ0n) is 14.3. The molecule has 128 valence electrons. The summed E-state index contributed by atoms with van der Waals surface area (Å²) in [5, 5.41) is 7.33. The molecule has 25 heavy (non-hydrogen) atoms. The average Bonchev–Trinajstić information content (AvgIpc) is 2.93. The topological polar surface area (TPSA) is 81.7 Å². The maximum Gasteiger partial charge on any atom is 0.227 e. The van der Waals surface area contributed by atoms with Crippen LogP contribution in [-0.4, -0.2) is 19.7 Å². The van der Waals surface area contributed by atoms with Crippen molar-refractivity contribution in [1.29, 1.82) is 0 Å². The third-order valence-electron chi connectivity index (χ3n) is 4.67. The second-order valence-corrected chi connectivity index (χ2v) is 6.56. The van der Waals surface area contributed by atoms with E-state index in [4.69, 9.17) is 5.73 Å². The number of benzene rings is 1. The number of rotatable bonds is 3. The van der Waals surface area contributed by atoms with Crippen molar-refractivity contribution >= 4 is 11.6 Å². The van der Waals surface area contributed by atoms with E-state index in [0.29, 0.717) is 5.95 Å². The Morgan fingerprint density at radius 3 is 3.00 bits per heavy atom. The number of nitrogens with two attached hydrogens (primary N) is 1. The zero-order chi connectivity index (χ0) is 17.2. The summed E-state index contributed by atoms with van der Waals surface area (Å²) in [5.74, 6) is 0.567. The van der Waals surface area contributed by atoms with Crippen LogP contribution in [0.4, 0.5) is 11.6 Å². The molecule has 0 fully saturated rings. The van der Waals surface area contributed by atoms with Gasteiger partial charge in [0.2, 0.25) is 5.95 Å². The minimum atomic E-state index is 0.153. The first-order valence-corrected chi connectivity index (χ1v) is 8.66. The van der Waals surface area contributed by atoms with Crippen LogP contribution in [0.15, 0.2) is 42.9 Å². The lowest BCUT2D eigenvalue weighted by Gasteiger charge is -2.14. The summed E-state index contributed by atoms with van der Waals surface area (Å²) in [7, 11) is 1.88. The van der Waals surface area contributed by atoms with E-state index < -0.39 is 0 Å². The average molecular weight is 334 g/mol. The van der Waals surface area contributed by atoms with Crippen molar-refractivity contribution in [3.63, 3.8) is 0 Å². The van der Waals surface area contributed by atoms with E-state index in [1.165, 1.54) is 24.0 Å². The predicted molar refractivity (Wildman–Crippen MR) is 98.4 cm³/mol. The first-order valence-electron chi connectivity index (χ1n) is 8.66. The minimum Gasteiger partial charge on any atom is -0.324 e. The summed E-state index contributed by atoms with van der Waals surface area (Å²) in [6, 6.07) is 8.60. The summed E-state index contributed by atoms with van der Waals surface area (Å²) < 4.78 is 1.74. The quantitative estimate of drug-likeness (QED) is 0.718. The molecule has 4 rings (SSSR count). The minimum absolute atomic E-state index is 0.153. The predicted octanol–water partition coefficient (Wildman–Crippen LogP) is 3.35. The molecule has 0 radical (unpaired) electrons. The molecule has 0 spiro atoms. The summed E-state index contributed by atoms with van der Waals surface area (Å²) in [4.78, 5) is 8.95. The van der Waals surface area contributed by atoms with Crippen LogP contribution in [-0.2, 0) is 13.5 Å². The van der Waals surface area contributed by atoms with E-state index in [1.54, 1.807) is 17.1 Å². The van der Waals surface area contributed by atoms with Gasteiger partial charge in [-0.2, -0.15) is 5.10 Å². The third kappa shape index (κ3) is 3.39. The van der Waals surface area contributed by atoms with Gasteiger partial charge in [-0.3, -0.25) is 4.68 Å². The number of anilines is 2. The van der Waals surface area contributed by atoms with Gasteiger partial charge in [0, 0.05) is 31.0 Å². The van der Waals surface area contributed by atoms with E-state index in [-0.39, 0.29) is 6.04 Å². The Labute approximate surface area is 147 Å². The Balaban J connectivity index is 1.63. The molecule has 1 unspecified atom stereocenters. The molecule has 6 nitrogen and oxygen atoms in total. The van der Waals surface area contributed by atoms with Crippen molar-refractivity contribution in [2.45, 2.75) is 31.7 Å². The van der Waals surface area contributed by atoms with E-state index >= 15 is 0 Å². The second kappa shape index (κ2) is 6.64. The van der Waals surface area contributed by atoms with Crippen LogP contribution in [0, 0.1) is 0 Å². The van der Waals surface area contributed by atoms with E-state index in [1.807, 2.05) is 19.3 Å². The Morgan fingerprint density at radius 1 is 1.24 bits per heavy atom. The number of hydrogen-bond acceptors (Lipinski definition) is 5. The van der Waals surface area contributed by atoms with Gasteiger partial charge in [0.25, 0.3) is 0 Å². The smallest absolute Gasteiger partial charge is 0.227 e. The summed E-state index contributed by atoms with van der Waals surface area (Å²) >= 11 is 0. The highest BCUT2D eigenvalue weighted by atomic mass is 15.3. The number of hydrogen-bond donors (Lipinski definition) is 2. The Morgan fingerprint density at radius 2 is 2.16 bits per heavy atom. The molecule has 6 heteroatoms. The van der Waals surface area contributed by atoms with Gasteiger partial charge >= 0.3 is 0 Å². The fourth-order valence-electron chi connectivity index (χ4n) is 3.37. The van der Waals surface area contributed by atoms with Crippen LogP contribution in [0.5, 0.6) is 0 Å². The molecule has 0 aliphatic heterocycles. The maximum atomic E-state index is 6.30. The van der Waals surface area contributed by atoms with Crippen LogP contribution in [0.25, 0.3) is 11.3 Å². The molecule has 0 amide bonds. The largest absolute Gasteiger partial charge is 0.324 e. The molecule has 3 N–H and O–H groups in total. The Bertz CT molecular complexity index is 885. The van der Waals surface area contributed by atoms with Crippen LogP contribution >= 0.6 is 0 Å². The molecular formula is C19H22N6. The van der Waals surface area contributed by atoms with Gasteiger partial charge in [-0.25, -0.2) is 9.97 Å². The Hall–Kier alpha value is -2.73. The molecule has 2 aromatic heterocycles. The van der Waals surface area contributed by atoms with Crippen molar-refractivity contribution in [3.05, 3.63) is 54.0 Å². The number of aryl methyl sites for hydroxylation is 2. The van der Waals surface area contributed by atoms with Crippen LogP contribution in [0.1, 0.15) is 36.4 Å². The van der Waals surface area contributed by atoms with Crippen molar-refractivity contribution in [1.82, 2.24) is 19.7 Å².